The van der Waals surface area contributed by atoms with E-state index in [4.69, 9.17) is 4.74 Å². The predicted molar refractivity (Wildman–Crippen MR) is 106 cm³/mol. The molecule has 0 radical (unpaired) electrons. The van der Waals surface area contributed by atoms with Gasteiger partial charge >= 0.3 is 5.97 Å². The minimum atomic E-state index is -3.82. The highest BCUT2D eigenvalue weighted by atomic mass is 32.2. The first-order valence-electron chi connectivity index (χ1n) is 9.26. The maximum absolute atomic E-state index is 13.1. The number of hydrogen-bond acceptors (Lipinski definition) is 4. The van der Waals surface area contributed by atoms with E-state index in [1.54, 1.807) is 19.1 Å². The van der Waals surface area contributed by atoms with E-state index in [2.05, 4.69) is 6.92 Å². The second-order valence-electron chi connectivity index (χ2n) is 6.31. The molecule has 0 fully saturated rings. The van der Waals surface area contributed by atoms with E-state index in [-0.39, 0.29) is 24.6 Å². The highest BCUT2D eigenvalue weighted by molar-refractivity contribution is 7.89. The van der Waals surface area contributed by atoms with E-state index in [0.717, 1.165) is 30.4 Å². The number of carbonyl (C=O) groups excluding carboxylic acids is 1. The molecule has 5 nitrogen and oxygen atoms in total. The van der Waals surface area contributed by atoms with Crippen molar-refractivity contribution >= 4 is 16.0 Å². The average molecular weight is 390 g/mol. The molecule has 0 aliphatic carbocycles. The maximum Gasteiger partial charge on any atom is 0.321 e. The van der Waals surface area contributed by atoms with Crippen molar-refractivity contribution in [3.05, 3.63) is 65.7 Å². The molecule has 2 aromatic rings. The Balaban J connectivity index is 2.26. The van der Waals surface area contributed by atoms with Gasteiger partial charge < -0.3 is 4.74 Å². The molecule has 0 aromatic heterocycles. The van der Waals surface area contributed by atoms with Crippen LogP contribution in [0.2, 0.25) is 0 Å². The zero-order valence-electron chi connectivity index (χ0n) is 15.9. The van der Waals surface area contributed by atoms with Crippen LogP contribution in [0.25, 0.3) is 0 Å². The summed E-state index contributed by atoms with van der Waals surface area (Å²) < 4.78 is 32.4. The molecular formula is C21H27NO4S. The third-order valence-corrected chi connectivity index (χ3v) is 6.00. The fourth-order valence-electron chi connectivity index (χ4n) is 2.72. The number of carbonyl (C=O) groups is 1. The second kappa shape index (κ2) is 10.2. The average Bonchev–Trinajstić information content (AvgIpc) is 2.67. The number of rotatable bonds is 10. The minimum Gasteiger partial charge on any atom is -0.465 e. The van der Waals surface area contributed by atoms with Crippen molar-refractivity contribution in [3.63, 3.8) is 0 Å². The molecule has 0 spiro atoms. The van der Waals surface area contributed by atoms with Crippen LogP contribution in [0, 0.1) is 0 Å². The van der Waals surface area contributed by atoms with Gasteiger partial charge in [0, 0.05) is 6.54 Å². The molecule has 0 saturated heterocycles. The summed E-state index contributed by atoms with van der Waals surface area (Å²) in [6.45, 7) is 3.82. The summed E-state index contributed by atoms with van der Waals surface area (Å²) in [6, 6.07) is 16.1. The highest BCUT2D eigenvalue weighted by Gasteiger charge is 2.27. The van der Waals surface area contributed by atoms with E-state index < -0.39 is 16.0 Å². The Kier molecular flexibility index (Phi) is 8.00. The van der Waals surface area contributed by atoms with E-state index >= 15 is 0 Å². The number of ether oxygens (including phenoxy) is 1. The number of unbranched alkanes of at least 4 members (excludes halogenated alkanes) is 1. The first-order chi connectivity index (χ1) is 13.0. The van der Waals surface area contributed by atoms with Crippen LogP contribution in [0.5, 0.6) is 0 Å². The van der Waals surface area contributed by atoms with Gasteiger partial charge in [-0.25, -0.2) is 8.42 Å². The number of nitrogens with zero attached hydrogens (tertiary/aromatic N) is 1. The Bertz CT molecular complexity index is 817. The quantitative estimate of drug-likeness (QED) is 0.580. The van der Waals surface area contributed by atoms with Gasteiger partial charge in [0.2, 0.25) is 10.0 Å². The van der Waals surface area contributed by atoms with Crippen LogP contribution < -0.4 is 0 Å². The number of aryl methyl sites for hydroxylation is 1. The number of benzene rings is 2. The summed E-state index contributed by atoms with van der Waals surface area (Å²) in [5.41, 5.74) is 1.92. The Morgan fingerprint density at radius 2 is 1.63 bits per heavy atom. The van der Waals surface area contributed by atoms with E-state index in [1.807, 2.05) is 42.5 Å². The lowest BCUT2D eigenvalue weighted by molar-refractivity contribution is -0.143. The second-order valence-corrected chi connectivity index (χ2v) is 8.25. The Labute approximate surface area is 162 Å². The molecule has 0 aliphatic rings. The van der Waals surface area contributed by atoms with Gasteiger partial charge in [0.25, 0.3) is 0 Å². The molecule has 2 aromatic carbocycles. The zero-order valence-corrected chi connectivity index (χ0v) is 16.7. The fraction of sp³-hybridized carbons (Fsp3) is 0.381. The molecule has 27 heavy (non-hydrogen) atoms. The van der Waals surface area contributed by atoms with Gasteiger partial charge in [-0.3, -0.25) is 4.79 Å². The lowest BCUT2D eigenvalue weighted by Gasteiger charge is -2.21. The van der Waals surface area contributed by atoms with Crippen LogP contribution in [0.15, 0.2) is 59.5 Å². The lowest BCUT2D eigenvalue weighted by atomic mass is 10.1. The van der Waals surface area contributed by atoms with E-state index in [1.165, 1.54) is 4.31 Å². The maximum atomic E-state index is 13.1. The molecule has 6 heteroatoms. The summed E-state index contributed by atoms with van der Waals surface area (Å²) in [7, 11) is -3.82. The largest absolute Gasteiger partial charge is 0.465 e. The first kappa shape index (κ1) is 21.1. The molecule has 0 aliphatic heterocycles. The Morgan fingerprint density at radius 1 is 0.963 bits per heavy atom. The van der Waals surface area contributed by atoms with Crippen molar-refractivity contribution in [2.75, 3.05) is 13.2 Å². The summed E-state index contributed by atoms with van der Waals surface area (Å²) in [6.07, 6.45) is 3.08. The molecule has 0 N–H and O–H groups in total. The number of hydrogen-bond donors (Lipinski definition) is 0. The van der Waals surface area contributed by atoms with Gasteiger partial charge in [-0.2, -0.15) is 4.31 Å². The van der Waals surface area contributed by atoms with Crippen LogP contribution >= 0.6 is 0 Å². The van der Waals surface area contributed by atoms with Crippen molar-refractivity contribution in [2.45, 2.75) is 44.6 Å². The zero-order chi connectivity index (χ0) is 19.7. The third-order valence-electron chi connectivity index (χ3n) is 4.19. The highest BCUT2D eigenvalue weighted by Crippen LogP contribution is 2.20. The third kappa shape index (κ3) is 6.19. The fourth-order valence-corrected chi connectivity index (χ4v) is 4.09. The predicted octanol–water partition coefficient (Wildman–Crippen LogP) is 3.78. The molecule has 0 atom stereocenters. The van der Waals surface area contributed by atoms with Gasteiger partial charge in [0.05, 0.1) is 11.5 Å². The van der Waals surface area contributed by atoms with Crippen molar-refractivity contribution in [3.8, 4) is 0 Å². The summed E-state index contributed by atoms with van der Waals surface area (Å²) in [5, 5.41) is 0. The van der Waals surface area contributed by atoms with Crippen molar-refractivity contribution in [1.29, 1.82) is 0 Å². The molecule has 0 unspecified atom stereocenters. The Hall–Kier alpha value is -2.18. The van der Waals surface area contributed by atoms with Crippen LogP contribution in [-0.2, 0) is 32.5 Å². The van der Waals surface area contributed by atoms with Crippen LogP contribution in [0.4, 0.5) is 0 Å². The number of esters is 1. The molecule has 0 amide bonds. The molecule has 0 saturated carbocycles. The van der Waals surface area contributed by atoms with Crippen molar-refractivity contribution in [2.24, 2.45) is 0 Å². The van der Waals surface area contributed by atoms with Crippen LogP contribution in [-0.4, -0.2) is 31.8 Å². The normalized spacial score (nSPS) is 11.5. The van der Waals surface area contributed by atoms with Crippen LogP contribution in [0.3, 0.4) is 0 Å². The smallest absolute Gasteiger partial charge is 0.321 e. The molecular weight excluding hydrogens is 362 g/mol. The molecule has 0 heterocycles. The van der Waals surface area contributed by atoms with Crippen molar-refractivity contribution < 1.29 is 17.9 Å². The summed E-state index contributed by atoms with van der Waals surface area (Å²) >= 11 is 0. The van der Waals surface area contributed by atoms with Gasteiger partial charge in [-0.05, 0) is 43.0 Å². The standard InChI is InChI=1S/C21H27NO4S/c1-3-5-9-18-12-14-20(15-13-18)27(24,25)22(17-21(23)26-4-2)16-19-10-7-6-8-11-19/h6-8,10-15H,3-5,9,16-17H2,1-2H3. The minimum absolute atomic E-state index is 0.111. The number of sulfonamides is 1. The van der Waals surface area contributed by atoms with E-state index in [9.17, 15) is 13.2 Å². The Morgan fingerprint density at radius 3 is 2.22 bits per heavy atom. The van der Waals surface area contributed by atoms with Gasteiger partial charge in [-0.1, -0.05) is 55.8 Å². The summed E-state index contributed by atoms with van der Waals surface area (Å²) in [4.78, 5) is 12.1. The first-order valence-corrected chi connectivity index (χ1v) is 10.7. The van der Waals surface area contributed by atoms with E-state index in [0.29, 0.717) is 0 Å². The molecule has 0 bridgehead atoms. The monoisotopic (exact) mass is 389 g/mol. The molecule has 146 valence electrons. The summed E-state index contributed by atoms with van der Waals surface area (Å²) in [5.74, 6) is -0.559. The van der Waals surface area contributed by atoms with Gasteiger partial charge in [0.1, 0.15) is 6.54 Å². The van der Waals surface area contributed by atoms with Gasteiger partial charge in [-0.15, -0.1) is 0 Å². The lowest BCUT2D eigenvalue weighted by Crippen LogP contribution is -2.36. The topological polar surface area (TPSA) is 63.7 Å². The SMILES string of the molecule is CCCCc1ccc(S(=O)(=O)N(CC(=O)OCC)Cc2ccccc2)cc1. The van der Waals surface area contributed by atoms with Crippen LogP contribution in [0.1, 0.15) is 37.8 Å². The van der Waals surface area contributed by atoms with Gasteiger partial charge in [0.15, 0.2) is 0 Å². The van der Waals surface area contributed by atoms with Crippen molar-refractivity contribution in [1.82, 2.24) is 4.31 Å². The molecule has 2 rings (SSSR count).